The molecule has 1 N–H and O–H groups in total. The topological polar surface area (TPSA) is 81.2 Å². The van der Waals surface area contributed by atoms with E-state index in [1.807, 2.05) is 0 Å². The lowest BCUT2D eigenvalue weighted by molar-refractivity contribution is 0.0493. The molecule has 3 rings (SSSR count). The zero-order valence-corrected chi connectivity index (χ0v) is 15.8. The predicted octanol–water partition coefficient (Wildman–Crippen LogP) is 4.08. The van der Waals surface area contributed by atoms with Gasteiger partial charge in [-0.25, -0.2) is 18.6 Å². The highest BCUT2D eigenvalue weighted by atomic mass is 19.2. The Bertz CT molecular complexity index is 912. The molecule has 0 unspecified atom stereocenters. The first-order valence-corrected chi connectivity index (χ1v) is 8.95. The highest BCUT2D eigenvalue weighted by molar-refractivity contribution is 5.96. The Morgan fingerprint density at radius 1 is 1.21 bits per heavy atom. The Hall–Kier alpha value is -2.90. The van der Waals surface area contributed by atoms with E-state index in [0.29, 0.717) is 0 Å². The van der Waals surface area contributed by atoms with Crippen molar-refractivity contribution < 1.29 is 23.1 Å². The Morgan fingerprint density at radius 3 is 2.64 bits per heavy atom. The van der Waals surface area contributed by atoms with Crippen molar-refractivity contribution in [2.75, 3.05) is 0 Å². The molecule has 0 saturated heterocycles. The quantitative estimate of drug-likeness (QED) is 0.783. The molecule has 1 aliphatic rings. The van der Waals surface area contributed by atoms with Gasteiger partial charge in [-0.1, -0.05) is 12.1 Å². The van der Waals surface area contributed by atoms with E-state index in [1.165, 1.54) is 24.5 Å². The van der Waals surface area contributed by atoms with Crippen LogP contribution in [0.4, 0.5) is 13.6 Å². The molecule has 2 aromatic rings. The molecular weight excluding hydrogens is 368 g/mol. The van der Waals surface area contributed by atoms with Gasteiger partial charge >= 0.3 is 6.09 Å². The molecule has 0 radical (unpaired) electrons. The number of nitrogens with zero attached hydrogens (tertiary/aromatic N) is 2. The Morgan fingerprint density at radius 2 is 1.93 bits per heavy atom. The van der Waals surface area contributed by atoms with Gasteiger partial charge in [-0.15, -0.1) is 0 Å². The summed E-state index contributed by atoms with van der Waals surface area (Å²) in [5, 5.41) is 2.68. The van der Waals surface area contributed by atoms with E-state index in [4.69, 9.17) is 4.74 Å². The highest BCUT2D eigenvalue weighted by Crippen LogP contribution is 2.39. The number of fused-ring (bicyclic) bond motifs is 1. The summed E-state index contributed by atoms with van der Waals surface area (Å²) >= 11 is 0. The summed E-state index contributed by atoms with van der Waals surface area (Å²) < 4.78 is 33.7. The minimum absolute atomic E-state index is 0.0624. The van der Waals surface area contributed by atoms with Gasteiger partial charge in [-0.05, 0) is 38.8 Å². The van der Waals surface area contributed by atoms with Gasteiger partial charge in [0, 0.05) is 24.7 Å². The average Bonchev–Trinajstić information content (AvgIpc) is 2.74. The smallest absolute Gasteiger partial charge is 0.408 e. The third kappa shape index (κ3) is 4.16. The van der Waals surface area contributed by atoms with Gasteiger partial charge in [0.15, 0.2) is 17.4 Å². The van der Waals surface area contributed by atoms with Crippen molar-refractivity contribution >= 4 is 11.9 Å². The van der Waals surface area contributed by atoms with Gasteiger partial charge in [0.2, 0.25) is 0 Å². The van der Waals surface area contributed by atoms with E-state index in [2.05, 4.69) is 15.3 Å². The molecule has 0 bridgehead atoms. The molecule has 1 aromatic carbocycles. The summed E-state index contributed by atoms with van der Waals surface area (Å²) in [4.78, 5) is 33.2. The minimum atomic E-state index is -1.01. The lowest BCUT2D eigenvalue weighted by Gasteiger charge is -2.28. The van der Waals surface area contributed by atoms with Crippen molar-refractivity contribution in [1.82, 2.24) is 15.3 Å². The van der Waals surface area contributed by atoms with E-state index in [-0.39, 0.29) is 35.6 Å². The second kappa shape index (κ2) is 7.61. The number of alkyl carbamates (subject to hydrolysis) is 1. The summed E-state index contributed by atoms with van der Waals surface area (Å²) in [6.07, 6.45) is 2.28. The predicted molar refractivity (Wildman–Crippen MR) is 96.8 cm³/mol. The highest BCUT2D eigenvalue weighted by Gasteiger charge is 2.37. The first-order chi connectivity index (χ1) is 13.2. The van der Waals surface area contributed by atoms with Crippen LogP contribution in [0.1, 0.15) is 67.3 Å². The molecule has 0 fully saturated rings. The molecule has 0 saturated carbocycles. The molecular formula is C20H21F2N3O3. The lowest BCUT2D eigenvalue weighted by atomic mass is 9.86. The Balaban J connectivity index is 2.08. The first-order valence-electron chi connectivity index (χ1n) is 8.95. The lowest BCUT2D eigenvalue weighted by Crippen LogP contribution is -2.38. The minimum Gasteiger partial charge on any atom is -0.444 e. The molecule has 8 heteroatoms. The molecule has 1 heterocycles. The summed E-state index contributed by atoms with van der Waals surface area (Å²) in [5.41, 5.74) is -0.366. The van der Waals surface area contributed by atoms with Crippen LogP contribution in [-0.2, 0) is 4.74 Å². The van der Waals surface area contributed by atoms with Gasteiger partial charge in [0.25, 0.3) is 0 Å². The van der Waals surface area contributed by atoms with Gasteiger partial charge in [0.05, 0.1) is 11.7 Å². The monoisotopic (exact) mass is 389 g/mol. The van der Waals surface area contributed by atoms with Crippen LogP contribution < -0.4 is 5.32 Å². The fourth-order valence-electron chi connectivity index (χ4n) is 3.30. The number of carbonyl (C=O) groups excluding carboxylic acids is 2. The fraction of sp³-hybridized carbons (Fsp3) is 0.400. The number of aromatic nitrogens is 2. The summed E-state index contributed by atoms with van der Waals surface area (Å²) in [5.74, 6) is -2.99. The van der Waals surface area contributed by atoms with Crippen molar-refractivity contribution in [2.24, 2.45) is 0 Å². The molecule has 148 valence electrons. The van der Waals surface area contributed by atoms with E-state index in [9.17, 15) is 18.4 Å². The normalized spacial score (nSPS) is 19.5. The third-order valence-corrected chi connectivity index (χ3v) is 4.42. The van der Waals surface area contributed by atoms with Crippen LogP contribution in [0.5, 0.6) is 0 Å². The van der Waals surface area contributed by atoms with Gasteiger partial charge in [-0.3, -0.25) is 9.78 Å². The van der Waals surface area contributed by atoms with Crippen LogP contribution in [0, 0.1) is 11.6 Å². The second-order valence-corrected chi connectivity index (χ2v) is 7.63. The molecule has 0 aliphatic heterocycles. The molecule has 2 atom stereocenters. The van der Waals surface area contributed by atoms with Crippen LogP contribution in [-0.4, -0.2) is 27.4 Å². The zero-order chi connectivity index (χ0) is 20.5. The second-order valence-electron chi connectivity index (χ2n) is 7.63. The molecule has 6 nitrogen and oxygen atoms in total. The van der Waals surface area contributed by atoms with Crippen molar-refractivity contribution in [1.29, 1.82) is 0 Å². The largest absolute Gasteiger partial charge is 0.444 e. The van der Waals surface area contributed by atoms with E-state index in [0.717, 1.165) is 6.07 Å². The number of hydrogen-bond acceptors (Lipinski definition) is 5. The number of ether oxygens (including phenoxy) is 1. The standard InChI is InChI=1S/C20H21F2N3O3/c1-20(2,3)28-19(27)25-16-12(11-5-4-6-13(21)15(11)22)7-8-14(26)17-18(16)24-10-9-23-17/h4-6,9-10,12,16H,7-8H2,1-3H3,(H,25,27)/t12-,16-/m0/s1. The number of benzene rings is 1. The maximum Gasteiger partial charge on any atom is 0.408 e. The van der Waals surface area contributed by atoms with E-state index >= 15 is 0 Å². The van der Waals surface area contributed by atoms with Crippen molar-refractivity contribution in [3.8, 4) is 0 Å². The number of carbonyl (C=O) groups is 2. The van der Waals surface area contributed by atoms with Crippen LogP contribution in [0.2, 0.25) is 0 Å². The van der Waals surface area contributed by atoms with Crippen LogP contribution >= 0.6 is 0 Å². The van der Waals surface area contributed by atoms with Gasteiger partial charge < -0.3 is 10.1 Å². The fourth-order valence-corrected chi connectivity index (χ4v) is 3.30. The number of hydrogen-bond donors (Lipinski definition) is 1. The van der Waals surface area contributed by atoms with Crippen molar-refractivity contribution in [3.63, 3.8) is 0 Å². The van der Waals surface area contributed by atoms with Gasteiger partial charge in [0.1, 0.15) is 11.3 Å². The Kier molecular flexibility index (Phi) is 5.40. The number of rotatable bonds is 2. The molecule has 0 spiro atoms. The van der Waals surface area contributed by atoms with Crippen LogP contribution in [0.3, 0.4) is 0 Å². The summed E-state index contributed by atoms with van der Waals surface area (Å²) in [6.45, 7) is 5.13. The summed E-state index contributed by atoms with van der Waals surface area (Å²) in [6, 6.07) is 2.95. The number of nitrogens with one attached hydrogen (secondary N) is 1. The maximum absolute atomic E-state index is 14.5. The molecule has 1 amide bonds. The van der Waals surface area contributed by atoms with Crippen LogP contribution in [0.25, 0.3) is 0 Å². The number of Topliss-reactive ketones (excluding diaryl/α,β-unsaturated/α-hetero) is 1. The van der Waals surface area contributed by atoms with Crippen molar-refractivity contribution in [3.05, 3.63) is 59.2 Å². The number of halogens is 2. The maximum atomic E-state index is 14.5. The zero-order valence-electron chi connectivity index (χ0n) is 15.8. The molecule has 1 aliphatic carbocycles. The van der Waals surface area contributed by atoms with Crippen LogP contribution in [0.15, 0.2) is 30.6 Å². The van der Waals surface area contributed by atoms with Crippen molar-refractivity contribution in [2.45, 2.75) is 51.2 Å². The first kappa shape index (κ1) is 19.9. The van der Waals surface area contributed by atoms with Gasteiger partial charge in [-0.2, -0.15) is 0 Å². The van der Waals surface area contributed by atoms with E-state index in [1.54, 1.807) is 20.8 Å². The SMILES string of the molecule is CC(C)(C)OC(=O)N[C@@H]1c2nccnc2C(=O)CC[C@H]1c1cccc(F)c1F. The number of amides is 1. The Labute approximate surface area is 161 Å². The molecule has 28 heavy (non-hydrogen) atoms. The molecule has 1 aromatic heterocycles. The summed E-state index contributed by atoms with van der Waals surface area (Å²) in [7, 11) is 0. The average molecular weight is 389 g/mol. The number of ketones is 1. The third-order valence-electron chi connectivity index (χ3n) is 4.42. The van der Waals surface area contributed by atoms with E-state index < -0.39 is 35.3 Å².